The molecule has 1 amide bonds. The summed E-state index contributed by atoms with van der Waals surface area (Å²) < 4.78 is 1.35. The highest BCUT2D eigenvalue weighted by atomic mass is 35.5. The number of amides is 1. The van der Waals surface area contributed by atoms with Crippen LogP contribution >= 0.6 is 23.4 Å². The lowest BCUT2D eigenvalue weighted by Crippen LogP contribution is -2.23. The summed E-state index contributed by atoms with van der Waals surface area (Å²) >= 11 is 7.18. The quantitative estimate of drug-likeness (QED) is 0.230. The fourth-order valence-corrected chi connectivity index (χ4v) is 3.83. The Hall–Kier alpha value is -3.11. The van der Waals surface area contributed by atoms with Crippen LogP contribution in [0.5, 0.6) is 0 Å². The maximum Gasteiger partial charge on any atom is 0.271 e. The third-order valence-corrected chi connectivity index (χ3v) is 6.12. The van der Waals surface area contributed by atoms with Crippen molar-refractivity contribution in [2.24, 2.45) is 0 Å². The van der Waals surface area contributed by atoms with Gasteiger partial charge in [-0.25, -0.2) is 4.68 Å². The van der Waals surface area contributed by atoms with Gasteiger partial charge in [-0.15, -0.1) is 10.2 Å². The number of nitrogens with one attached hydrogen (secondary N) is 1. The van der Waals surface area contributed by atoms with Gasteiger partial charge in [0.2, 0.25) is 11.1 Å². The van der Waals surface area contributed by atoms with Crippen LogP contribution in [-0.2, 0) is 10.2 Å². The van der Waals surface area contributed by atoms with Gasteiger partial charge in [0, 0.05) is 17.7 Å². The Labute approximate surface area is 194 Å². The van der Waals surface area contributed by atoms with Crippen LogP contribution in [0.1, 0.15) is 33.3 Å². The summed E-state index contributed by atoms with van der Waals surface area (Å²) in [6, 6.07) is 11.8. The molecule has 9 nitrogen and oxygen atoms in total. The van der Waals surface area contributed by atoms with E-state index >= 15 is 0 Å². The predicted molar refractivity (Wildman–Crippen MR) is 126 cm³/mol. The van der Waals surface area contributed by atoms with Crippen molar-refractivity contribution in [3.05, 3.63) is 63.2 Å². The first-order valence-corrected chi connectivity index (χ1v) is 11.0. The van der Waals surface area contributed by atoms with Gasteiger partial charge in [-0.2, -0.15) is 0 Å². The number of hydrogen-bond acceptors (Lipinski definition) is 7. The molecule has 0 spiro atoms. The highest BCUT2D eigenvalue weighted by molar-refractivity contribution is 8.00. The number of aromatic nitrogens is 3. The van der Waals surface area contributed by atoms with Crippen molar-refractivity contribution in [1.82, 2.24) is 14.9 Å². The summed E-state index contributed by atoms with van der Waals surface area (Å²) in [5.41, 5.74) is 2.16. The lowest BCUT2D eigenvalue weighted by Gasteiger charge is -2.19. The summed E-state index contributed by atoms with van der Waals surface area (Å²) in [6.07, 6.45) is 0. The minimum atomic E-state index is -0.580. The standard InChI is InChI=1S/C21H23ClN6O3S/c1-12(19(29)24-17-10-9-15(28(30)31)11-16(17)22)32-20-26-25-18(27(20)23)13-5-7-14(8-6-13)21(2,3)4/h5-12H,23H2,1-4H3,(H,24,29). The van der Waals surface area contributed by atoms with Crippen LogP contribution in [0.15, 0.2) is 47.6 Å². The number of carbonyl (C=O) groups is 1. The van der Waals surface area contributed by atoms with E-state index in [9.17, 15) is 14.9 Å². The molecule has 3 rings (SSSR count). The smallest absolute Gasteiger partial charge is 0.271 e. The van der Waals surface area contributed by atoms with E-state index in [0.717, 1.165) is 17.3 Å². The van der Waals surface area contributed by atoms with Gasteiger partial charge < -0.3 is 11.2 Å². The van der Waals surface area contributed by atoms with Gasteiger partial charge in [0.15, 0.2) is 5.82 Å². The van der Waals surface area contributed by atoms with Crippen molar-refractivity contribution in [2.45, 2.75) is 43.5 Å². The van der Waals surface area contributed by atoms with Crippen LogP contribution in [-0.4, -0.2) is 31.0 Å². The van der Waals surface area contributed by atoms with Crippen molar-refractivity contribution >= 4 is 40.6 Å². The first-order chi connectivity index (χ1) is 15.0. The zero-order chi connectivity index (χ0) is 23.6. The third-order valence-electron chi connectivity index (χ3n) is 4.75. The van der Waals surface area contributed by atoms with Crippen LogP contribution in [0.4, 0.5) is 11.4 Å². The van der Waals surface area contributed by atoms with Crippen LogP contribution in [0, 0.1) is 10.1 Å². The number of nitro benzene ring substituents is 1. The van der Waals surface area contributed by atoms with Gasteiger partial charge in [0.1, 0.15) is 0 Å². The molecule has 0 saturated carbocycles. The Morgan fingerprint density at radius 1 is 1.22 bits per heavy atom. The van der Waals surface area contributed by atoms with Crippen molar-refractivity contribution < 1.29 is 9.72 Å². The Kier molecular flexibility index (Phi) is 6.75. The van der Waals surface area contributed by atoms with E-state index in [-0.39, 0.29) is 27.7 Å². The summed E-state index contributed by atoms with van der Waals surface area (Å²) in [7, 11) is 0. The average molecular weight is 475 g/mol. The molecule has 1 aromatic heterocycles. The van der Waals surface area contributed by atoms with E-state index in [1.807, 2.05) is 24.3 Å². The highest BCUT2D eigenvalue weighted by Gasteiger charge is 2.22. The number of nitro groups is 1. The molecule has 32 heavy (non-hydrogen) atoms. The van der Waals surface area contributed by atoms with E-state index in [4.69, 9.17) is 17.4 Å². The summed E-state index contributed by atoms with van der Waals surface area (Å²) in [5.74, 6) is 6.31. The number of carbonyl (C=O) groups excluding carboxylic acids is 1. The molecule has 1 atom stereocenters. The molecule has 0 saturated heterocycles. The number of nitrogens with two attached hydrogens (primary N) is 1. The molecule has 168 valence electrons. The molecule has 3 aromatic rings. The SMILES string of the molecule is CC(Sc1nnc(-c2ccc(C(C)(C)C)cc2)n1N)C(=O)Nc1ccc([N+](=O)[O-])cc1Cl. The molecule has 0 aliphatic heterocycles. The molecule has 0 aliphatic rings. The number of nitrogen functional groups attached to an aromatic ring is 1. The number of rotatable bonds is 6. The molecule has 11 heteroatoms. The van der Waals surface area contributed by atoms with Crippen LogP contribution in [0.2, 0.25) is 5.02 Å². The molecule has 0 bridgehead atoms. The first-order valence-electron chi connectivity index (χ1n) is 9.70. The number of benzene rings is 2. The van der Waals surface area contributed by atoms with Crippen LogP contribution in [0.3, 0.4) is 0 Å². The number of non-ortho nitro benzene ring substituents is 1. The maximum atomic E-state index is 12.6. The average Bonchev–Trinajstić information content (AvgIpc) is 3.08. The number of halogens is 1. The largest absolute Gasteiger partial charge is 0.335 e. The minimum Gasteiger partial charge on any atom is -0.335 e. The number of anilines is 1. The topological polar surface area (TPSA) is 129 Å². The lowest BCUT2D eigenvalue weighted by atomic mass is 9.87. The predicted octanol–water partition coefficient (Wildman–Crippen LogP) is 4.64. The van der Waals surface area contributed by atoms with Gasteiger partial charge in [0.05, 0.1) is 20.9 Å². The summed E-state index contributed by atoms with van der Waals surface area (Å²) in [6.45, 7) is 8.10. The summed E-state index contributed by atoms with van der Waals surface area (Å²) in [4.78, 5) is 22.9. The van der Waals surface area contributed by atoms with Crippen molar-refractivity contribution in [2.75, 3.05) is 11.2 Å². The molecule has 2 aromatic carbocycles. The normalized spacial score (nSPS) is 12.4. The zero-order valence-electron chi connectivity index (χ0n) is 18.0. The third kappa shape index (κ3) is 5.20. The molecule has 3 N–H and O–H groups in total. The fourth-order valence-electron chi connectivity index (χ4n) is 2.84. The second-order valence-corrected chi connectivity index (χ2v) is 9.89. The van der Waals surface area contributed by atoms with Crippen molar-refractivity contribution in [3.63, 3.8) is 0 Å². The van der Waals surface area contributed by atoms with E-state index in [0.29, 0.717) is 11.0 Å². The van der Waals surface area contributed by atoms with Gasteiger partial charge in [0.25, 0.3) is 5.69 Å². The summed E-state index contributed by atoms with van der Waals surface area (Å²) in [5, 5.41) is 21.6. The highest BCUT2D eigenvalue weighted by Crippen LogP contribution is 2.30. The van der Waals surface area contributed by atoms with E-state index in [2.05, 4.69) is 36.3 Å². The van der Waals surface area contributed by atoms with Gasteiger partial charge >= 0.3 is 0 Å². The fraction of sp³-hybridized carbons (Fsp3) is 0.286. The molecular formula is C21H23ClN6O3S. The zero-order valence-corrected chi connectivity index (χ0v) is 19.6. The Morgan fingerprint density at radius 2 is 1.88 bits per heavy atom. The van der Waals surface area contributed by atoms with Gasteiger partial charge in [-0.1, -0.05) is 68.4 Å². The molecule has 1 unspecified atom stereocenters. The number of nitrogens with zero attached hydrogens (tertiary/aromatic N) is 4. The first kappa shape index (κ1) is 23.6. The minimum absolute atomic E-state index is 0.0330. The second-order valence-electron chi connectivity index (χ2n) is 8.17. The Morgan fingerprint density at radius 3 is 2.44 bits per heavy atom. The van der Waals surface area contributed by atoms with Crippen LogP contribution in [0.25, 0.3) is 11.4 Å². The van der Waals surface area contributed by atoms with E-state index < -0.39 is 10.2 Å². The maximum absolute atomic E-state index is 12.6. The monoisotopic (exact) mass is 474 g/mol. The Balaban J connectivity index is 1.71. The van der Waals surface area contributed by atoms with Gasteiger partial charge in [-0.3, -0.25) is 14.9 Å². The molecule has 0 radical (unpaired) electrons. The lowest BCUT2D eigenvalue weighted by molar-refractivity contribution is -0.384. The van der Waals surface area contributed by atoms with Crippen molar-refractivity contribution in [3.8, 4) is 11.4 Å². The van der Waals surface area contributed by atoms with Crippen LogP contribution < -0.4 is 11.2 Å². The number of thioether (sulfide) groups is 1. The van der Waals surface area contributed by atoms with Gasteiger partial charge in [-0.05, 0) is 24.0 Å². The molecular weight excluding hydrogens is 452 g/mol. The van der Waals surface area contributed by atoms with E-state index in [1.165, 1.54) is 28.4 Å². The molecule has 0 fully saturated rings. The van der Waals surface area contributed by atoms with Crippen molar-refractivity contribution in [1.29, 1.82) is 0 Å². The molecule has 1 heterocycles. The number of hydrogen-bond donors (Lipinski definition) is 2. The Bertz CT molecular complexity index is 1160. The second kappa shape index (κ2) is 9.17. The molecule has 0 aliphatic carbocycles. The van der Waals surface area contributed by atoms with E-state index in [1.54, 1.807) is 6.92 Å².